The van der Waals surface area contributed by atoms with Gasteiger partial charge in [0.05, 0.1) is 16.1 Å². The average molecular weight is 289 g/mol. The molecular weight excluding hydrogens is 276 g/mol. The van der Waals surface area contributed by atoms with Crippen LogP contribution in [0.3, 0.4) is 0 Å². The van der Waals surface area contributed by atoms with E-state index in [0.717, 1.165) is 0 Å². The van der Waals surface area contributed by atoms with Crippen LogP contribution in [0.15, 0.2) is 22.7 Å². The van der Waals surface area contributed by atoms with Crippen molar-refractivity contribution >= 4 is 21.9 Å². The highest BCUT2D eigenvalue weighted by molar-refractivity contribution is 9.10. The summed E-state index contributed by atoms with van der Waals surface area (Å²) in [5.41, 5.74) is 0.157. The summed E-state index contributed by atoms with van der Waals surface area (Å²) < 4.78 is 5.99. The Morgan fingerprint density at radius 2 is 2.25 bits per heavy atom. The number of rotatable bonds is 5. The molecule has 5 heteroatoms. The van der Waals surface area contributed by atoms with Crippen molar-refractivity contribution in [3.8, 4) is 5.75 Å². The van der Waals surface area contributed by atoms with Gasteiger partial charge in [-0.1, -0.05) is 6.92 Å². The van der Waals surface area contributed by atoms with Gasteiger partial charge in [0, 0.05) is 0 Å². The fourth-order valence-corrected chi connectivity index (χ4v) is 1.41. The SMILES string of the molecule is CCC(O)COc1cc(C(=O)O)ccc1Br. The number of carbonyl (C=O) groups is 1. The fourth-order valence-electron chi connectivity index (χ4n) is 1.05. The van der Waals surface area contributed by atoms with Crippen molar-refractivity contribution in [3.05, 3.63) is 28.2 Å². The monoisotopic (exact) mass is 288 g/mol. The molecule has 0 aliphatic rings. The predicted molar refractivity (Wildman–Crippen MR) is 62.9 cm³/mol. The zero-order valence-electron chi connectivity index (χ0n) is 8.81. The lowest BCUT2D eigenvalue weighted by molar-refractivity contribution is 0.0696. The molecule has 0 spiro atoms. The van der Waals surface area contributed by atoms with Gasteiger partial charge >= 0.3 is 5.97 Å². The Balaban J connectivity index is 2.78. The summed E-state index contributed by atoms with van der Waals surface area (Å²) in [5, 5.41) is 18.1. The zero-order valence-corrected chi connectivity index (χ0v) is 10.4. The minimum atomic E-state index is -1.01. The molecule has 0 amide bonds. The molecule has 2 N–H and O–H groups in total. The molecule has 1 atom stereocenters. The topological polar surface area (TPSA) is 66.8 Å². The van der Waals surface area contributed by atoms with Gasteiger partial charge in [-0.15, -0.1) is 0 Å². The molecule has 0 aromatic heterocycles. The van der Waals surface area contributed by atoms with Crippen LogP contribution in [0.4, 0.5) is 0 Å². The summed E-state index contributed by atoms with van der Waals surface area (Å²) in [6, 6.07) is 4.52. The number of aromatic carboxylic acids is 1. The van der Waals surface area contributed by atoms with E-state index in [4.69, 9.17) is 9.84 Å². The lowest BCUT2D eigenvalue weighted by Crippen LogP contribution is -2.16. The summed E-state index contributed by atoms with van der Waals surface area (Å²) >= 11 is 3.25. The van der Waals surface area contributed by atoms with E-state index < -0.39 is 12.1 Å². The quantitative estimate of drug-likeness (QED) is 0.872. The van der Waals surface area contributed by atoms with Crippen molar-refractivity contribution in [2.75, 3.05) is 6.61 Å². The van der Waals surface area contributed by atoms with Crippen molar-refractivity contribution in [3.63, 3.8) is 0 Å². The van der Waals surface area contributed by atoms with Gasteiger partial charge in [-0.2, -0.15) is 0 Å². The molecule has 0 aliphatic heterocycles. The summed E-state index contributed by atoms with van der Waals surface area (Å²) in [5.74, 6) is -0.583. The van der Waals surface area contributed by atoms with Crippen molar-refractivity contribution in [2.24, 2.45) is 0 Å². The van der Waals surface area contributed by atoms with E-state index in [1.54, 1.807) is 6.07 Å². The van der Waals surface area contributed by atoms with Gasteiger partial charge in [0.15, 0.2) is 0 Å². The van der Waals surface area contributed by atoms with E-state index in [1.807, 2.05) is 6.92 Å². The molecular formula is C11H13BrO4. The second kappa shape index (κ2) is 5.86. The van der Waals surface area contributed by atoms with E-state index >= 15 is 0 Å². The summed E-state index contributed by atoms with van der Waals surface area (Å²) in [7, 11) is 0. The first-order valence-electron chi connectivity index (χ1n) is 4.88. The van der Waals surface area contributed by atoms with Crippen LogP contribution in [0.2, 0.25) is 0 Å². The van der Waals surface area contributed by atoms with Gasteiger partial charge in [-0.3, -0.25) is 0 Å². The largest absolute Gasteiger partial charge is 0.490 e. The summed E-state index contributed by atoms with van der Waals surface area (Å²) in [6.07, 6.45) is 0.0522. The minimum Gasteiger partial charge on any atom is -0.490 e. The average Bonchev–Trinajstić information content (AvgIpc) is 2.27. The van der Waals surface area contributed by atoms with Crippen LogP contribution in [0, 0.1) is 0 Å². The van der Waals surface area contributed by atoms with Crippen LogP contribution in [0.1, 0.15) is 23.7 Å². The van der Waals surface area contributed by atoms with Crippen molar-refractivity contribution in [1.29, 1.82) is 0 Å². The lowest BCUT2D eigenvalue weighted by Gasteiger charge is -2.12. The maximum Gasteiger partial charge on any atom is 0.335 e. The number of carboxylic acids is 1. The van der Waals surface area contributed by atoms with E-state index in [-0.39, 0.29) is 12.2 Å². The zero-order chi connectivity index (χ0) is 12.1. The standard InChI is InChI=1S/C11H13BrO4/c1-2-8(13)6-16-10-5-7(11(14)15)3-4-9(10)12/h3-5,8,13H,2,6H2,1H3,(H,14,15). The van der Waals surface area contributed by atoms with E-state index in [9.17, 15) is 9.90 Å². The molecule has 0 heterocycles. The minimum absolute atomic E-state index is 0.151. The van der Waals surface area contributed by atoms with Crippen molar-refractivity contribution in [2.45, 2.75) is 19.4 Å². The maximum absolute atomic E-state index is 10.7. The van der Waals surface area contributed by atoms with Gasteiger partial charge in [0.25, 0.3) is 0 Å². The molecule has 0 fully saturated rings. The molecule has 88 valence electrons. The van der Waals surface area contributed by atoms with Gasteiger partial charge < -0.3 is 14.9 Å². The van der Waals surface area contributed by atoms with E-state index in [1.165, 1.54) is 12.1 Å². The Kier molecular flexibility index (Phi) is 4.76. The second-order valence-electron chi connectivity index (χ2n) is 3.32. The van der Waals surface area contributed by atoms with Crippen molar-refractivity contribution in [1.82, 2.24) is 0 Å². The normalized spacial score (nSPS) is 12.2. The molecule has 1 aromatic carbocycles. The van der Waals surface area contributed by atoms with Crippen LogP contribution < -0.4 is 4.74 Å². The van der Waals surface area contributed by atoms with Gasteiger partial charge in [-0.05, 0) is 40.5 Å². The number of benzene rings is 1. The molecule has 16 heavy (non-hydrogen) atoms. The third-order valence-electron chi connectivity index (χ3n) is 2.08. The Bertz CT molecular complexity index is 378. The predicted octanol–water partition coefficient (Wildman–Crippen LogP) is 2.30. The molecule has 1 aromatic rings. The third kappa shape index (κ3) is 3.50. The number of halogens is 1. The molecule has 0 saturated carbocycles. The van der Waals surface area contributed by atoms with Gasteiger partial charge in [-0.25, -0.2) is 4.79 Å². The molecule has 4 nitrogen and oxygen atoms in total. The Hall–Kier alpha value is -1.07. The summed E-state index contributed by atoms with van der Waals surface area (Å²) in [4.78, 5) is 10.7. The molecule has 0 saturated heterocycles. The first-order chi connectivity index (χ1) is 7.54. The van der Waals surface area contributed by atoms with Crippen LogP contribution in [0.5, 0.6) is 5.75 Å². The Labute approximate surface area is 102 Å². The van der Waals surface area contributed by atoms with Crippen LogP contribution in [0.25, 0.3) is 0 Å². The third-order valence-corrected chi connectivity index (χ3v) is 2.74. The number of ether oxygens (including phenoxy) is 1. The Morgan fingerprint density at radius 1 is 1.56 bits per heavy atom. The maximum atomic E-state index is 10.7. The highest BCUT2D eigenvalue weighted by atomic mass is 79.9. The molecule has 0 aliphatic carbocycles. The van der Waals surface area contributed by atoms with Crippen molar-refractivity contribution < 1.29 is 19.7 Å². The van der Waals surface area contributed by atoms with Crippen LogP contribution in [-0.2, 0) is 0 Å². The van der Waals surface area contributed by atoms with Gasteiger partial charge in [0.1, 0.15) is 12.4 Å². The first kappa shape index (κ1) is 13.0. The van der Waals surface area contributed by atoms with Crippen LogP contribution in [-0.4, -0.2) is 28.9 Å². The second-order valence-corrected chi connectivity index (χ2v) is 4.18. The molecule has 1 unspecified atom stereocenters. The smallest absolute Gasteiger partial charge is 0.335 e. The number of hydrogen-bond donors (Lipinski definition) is 2. The Morgan fingerprint density at radius 3 is 2.81 bits per heavy atom. The van der Waals surface area contributed by atoms with Crippen LogP contribution >= 0.6 is 15.9 Å². The molecule has 1 rings (SSSR count). The number of hydrogen-bond acceptors (Lipinski definition) is 3. The van der Waals surface area contributed by atoms with Gasteiger partial charge in [0.2, 0.25) is 0 Å². The fraction of sp³-hybridized carbons (Fsp3) is 0.364. The number of carboxylic acid groups (broad SMARTS) is 1. The first-order valence-corrected chi connectivity index (χ1v) is 5.67. The summed E-state index contributed by atoms with van der Waals surface area (Å²) in [6.45, 7) is 1.99. The van der Waals surface area contributed by atoms with E-state index in [0.29, 0.717) is 16.6 Å². The number of aliphatic hydroxyl groups excluding tert-OH is 1. The highest BCUT2D eigenvalue weighted by Crippen LogP contribution is 2.26. The highest BCUT2D eigenvalue weighted by Gasteiger charge is 2.09. The van der Waals surface area contributed by atoms with E-state index in [2.05, 4.69) is 15.9 Å². The molecule has 0 bridgehead atoms. The number of aliphatic hydroxyl groups is 1. The lowest BCUT2D eigenvalue weighted by atomic mass is 10.2. The molecule has 0 radical (unpaired) electrons.